The summed E-state index contributed by atoms with van der Waals surface area (Å²) in [6, 6.07) is 16.8. The molecular formula is C22H19N3O2. The third-order valence-corrected chi connectivity index (χ3v) is 4.76. The van der Waals surface area contributed by atoms with Gasteiger partial charge in [0.15, 0.2) is 0 Å². The van der Waals surface area contributed by atoms with E-state index in [2.05, 4.69) is 10.3 Å². The van der Waals surface area contributed by atoms with Gasteiger partial charge in [0, 0.05) is 18.2 Å². The van der Waals surface area contributed by atoms with Crippen LogP contribution in [0.1, 0.15) is 21.5 Å². The lowest BCUT2D eigenvalue weighted by atomic mass is 9.96. The number of hydrogen-bond acceptors (Lipinski definition) is 3. The Morgan fingerprint density at radius 2 is 1.81 bits per heavy atom. The molecule has 0 fully saturated rings. The molecular weight excluding hydrogens is 338 g/mol. The van der Waals surface area contributed by atoms with E-state index in [1.165, 1.54) is 0 Å². The second kappa shape index (κ2) is 6.68. The van der Waals surface area contributed by atoms with E-state index >= 15 is 0 Å². The minimum atomic E-state index is -1.28. The summed E-state index contributed by atoms with van der Waals surface area (Å²) >= 11 is 0. The van der Waals surface area contributed by atoms with Gasteiger partial charge >= 0.3 is 0 Å². The number of nitrogens with one attached hydrogen (secondary N) is 1. The quantitative estimate of drug-likeness (QED) is 0.915. The van der Waals surface area contributed by atoms with Crippen LogP contribution in [0.15, 0.2) is 84.0 Å². The van der Waals surface area contributed by atoms with Crippen molar-refractivity contribution < 1.29 is 9.59 Å². The number of amides is 2. The van der Waals surface area contributed by atoms with Crippen molar-refractivity contribution in [3.63, 3.8) is 0 Å². The molecule has 1 N–H and O–H groups in total. The zero-order valence-electron chi connectivity index (χ0n) is 14.9. The summed E-state index contributed by atoms with van der Waals surface area (Å²) in [5, 5.41) is 2.96. The summed E-state index contributed by atoms with van der Waals surface area (Å²) in [6.45, 7) is 2.01. The van der Waals surface area contributed by atoms with E-state index in [0.29, 0.717) is 17.8 Å². The number of allylic oxidation sites excluding steroid dienone is 2. The van der Waals surface area contributed by atoms with Crippen LogP contribution in [-0.4, -0.2) is 28.2 Å². The van der Waals surface area contributed by atoms with Gasteiger partial charge in [-0.3, -0.25) is 9.59 Å². The molecule has 0 aromatic heterocycles. The maximum Gasteiger partial charge on any atom is 0.295 e. The Hall–Kier alpha value is -3.47. The molecule has 0 spiro atoms. The normalized spacial score (nSPS) is 20.4. The summed E-state index contributed by atoms with van der Waals surface area (Å²) in [4.78, 5) is 31.8. The Kier molecular flexibility index (Phi) is 4.20. The van der Waals surface area contributed by atoms with E-state index in [4.69, 9.17) is 0 Å². The zero-order valence-corrected chi connectivity index (χ0v) is 14.9. The average Bonchev–Trinajstić information content (AvgIpc) is 2.96. The molecule has 0 radical (unpaired) electrons. The number of amidine groups is 1. The topological polar surface area (TPSA) is 61.8 Å². The van der Waals surface area contributed by atoms with Crippen LogP contribution in [0.2, 0.25) is 0 Å². The van der Waals surface area contributed by atoms with Gasteiger partial charge in [-0.15, -0.1) is 0 Å². The Morgan fingerprint density at radius 3 is 2.56 bits per heavy atom. The molecule has 2 amide bonds. The standard InChI is InChI=1S/C22H19N3O2/c1-16-10-12-17(13-11-16)15-22(24-20(26)18-7-3-2-4-8-18)21(27)23-19-9-5-6-14-25(19)22/h2-14H,15H2,1H3,(H,24,26). The SMILES string of the molecule is Cc1ccc(CC2(NC(=O)c3ccccc3)C(=O)N=C3C=CC=CN32)cc1. The molecule has 2 heterocycles. The number of benzene rings is 2. The van der Waals surface area contributed by atoms with E-state index in [0.717, 1.165) is 11.1 Å². The van der Waals surface area contributed by atoms with Gasteiger partial charge in [-0.05, 0) is 36.8 Å². The first kappa shape index (κ1) is 17.0. The largest absolute Gasteiger partial charge is 0.321 e. The van der Waals surface area contributed by atoms with Crippen molar-refractivity contribution in [1.29, 1.82) is 0 Å². The van der Waals surface area contributed by atoms with E-state index in [1.54, 1.807) is 41.4 Å². The van der Waals surface area contributed by atoms with Crippen molar-refractivity contribution >= 4 is 17.6 Å². The highest BCUT2D eigenvalue weighted by Crippen LogP contribution is 2.29. The number of carbonyl (C=O) groups excluding carboxylic acids is 2. The fourth-order valence-corrected chi connectivity index (χ4v) is 3.32. The maximum atomic E-state index is 13.0. The van der Waals surface area contributed by atoms with Crippen molar-refractivity contribution in [3.8, 4) is 0 Å². The molecule has 0 bridgehead atoms. The molecule has 0 aliphatic carbocycles. The van der Waals surface area contributed by atoms with Crippen molar-refractivity contribution in [3.05, 3.63) is 95.7 Å². The van der Waals surface area contributed by atoms with Gasteiger partial charge in [-0.2, -0.15) is 4.99 Å². The first-order chi connectivity index (χ1) is 13.1. The minimum Gasteiger partial charge on any atom is -0.321 e. The molecule has 5 heteroatoms. The Labute approximate surface area is 157 Å². The van der Waals surface area contributed by atoms with E-state index in [-0.39, 0.29) is 11.8 Å². The van der Waals surface area contributed by atoms with Gasteiger partial charge in [0.25, 0.3) is 11.8 Å². The third kappa shape index (κ3) is 3.08. The van der Waals surface area contributed by atoms with Crippen molar-refractivity contribution in [2.45, 2.75) is 19.0 Å². The van der Waals surface area contributed by atoms with Crippen molar-refractivity contribution in [2.75, 3.05) is 0 Å². The fraction of sp³-hybridized carbons (Fsp3) is 0.136. The lowest BCUT2D eigenvalue weighted by Gasteiger charge is -2.37. The van der Waals surface area contributed by atoms with Gasteiger partial charge in [0.2, 0.25) is 5.66 Å². The van der Waals surface area contributed by atoms with Crippen LogP contribution in [0.4, 0.5) is 0 Å². The van der Waals surface area contributed by atoms with Crippen LogP contribution < -0.4 is 5.32 Å². The molecule has 1 unspecified atom stereocenters. The van der Waals surface area contributed by atoms with Crippen molar-refractivity contribution in [2.24, 2.45) is 4.99 Å². The van der Waals surface area contributed by atoms with Crippen LogP contribution in [0.25, 0.3) is 0 Å². The van der Waals surface area contributed by atoms with Gasteiger partial charge in [0.1, 0.15) is 5.84 Å². The Morgan fingerprint density at radius 1 is 1.07 bits per heavy atom. The monoisotopic (exact) mass is 357 g/mol. The van der Waals surface area contributed by atoms with Gasteiger partial charge in [-0.1, -0.05) is 54.1 Å². The number of aryl methyl sites for hydroxylation is 1. The second-order valence-electron chi connectivity index (χ2n) is 6.69. The van der Waals surface area contributed by atoms with Gasteiger partial charge in [-0.25, -0.2) is 0 Å². The summed E-state index contributed by atoms with van der Waals surface area (Å²) in [5.41, 5.74) is 1.30. The van der Waals surface area contributed by atoms with Crippen LogP contribution in [0.3, 0.4) is 0 Å². The van der Waals surface area contributed by atoms with Gasteiger partial charge in [0.05, 0.1) is 0 Å². The molecule has 2 aromatic rings. The third-order valence-electron chi connectivity index (χ3n) is 4.76. The molecule has 134 valence electrons. The molecule has 0 saturated heterocycles. The molecule has 1 atom stereocenters. The highest BCUT2D eigenvalue weighted by Gasteiger charge is 2.50. The maximum absolute atomic E-state index is 13.0. The Bertz CT molecular complexity index is 974. The summed E-state index contributed by atoms with van der Waals surface area (Å²) in [5.74, 6) is -0.156. The lowest BCUT2D eigenvalue weighted by Crippen LogP contribution is -2.63. The Balaban J connectivity index is 1.72. The summed E-state index contributed by atoms with van der Waals surface area (Å²) in [6.07, 6.45) is 7.52. The number of fused-ring (bicyclic) bond motifs is 1. The van der Waals surface area contributed by atoms with Crippen molar-refractivity contribution in [1.82, 2.24) is 10.2 Å². The van der Waals surface area contributed by atoms with Gasteiger partial charge < -0.3 is 10.2 Å². The van der Waals surface area contributed by atoms with E-state index in [1.807, 2.05) is 49.4 Å². The highest BCUT2D eigenvalue weighted by atomic mass is 16.2. The second-order valence-corrected chi connectivity index (χ2v) is 6.69. The number of carbonyl (C=O) groups is 2. The lowest BCUT2D eigenvalue weighted by molar-refractivity contribution is -0.126. The van der Waals surface area contributed by atoms with Crippen LogP contribution in [0.5, 0.6) is 0 Å². The first-order valence-electron chi connectivity index (χ1n) is 8.79. The first-order valence-corrected chi connectivity index (χ1v) is 8.79. The molecule has 0 saturated carbocycles. The van der Waals surface area contributed by atoms with E-state index < -0.39 is 5.66 Å². The van der Waals surface area contributed by atoms with Crippen LogP contribution in [-0.2, 0) is 11.2 Å². The smallest absolute Gasteiger partial charge is 0.295 e. The highest BCUT2D eigenvalue weighted by molar-refractivity contribution is 6.13. The summed E-state index contributed by atoms with van der Waals surface area (Å²) < 4.78 is 0. The molecule has 2 aromatic carbocycles. The number of aliphatic imine (C=N–C) groups is 1. The number of hydrogen-bond donors (Lipinski definition) is 1. The molecule has 5 nitrogen and oxygen atoms in total. The molecule has 2 aliphatic heterocycles. The predicted octanol–water partition coefficient (Wildman–Crippen LogP) is 2.99. The van der Waals surface area contributed by atoms with E-state index in [9.17, 15) is 9.59 Å². The predicted molar refractivity (Wildman–Crippen MR) is 104 cm³/mol. The zero-order chi connectivity index (χ0) is 18.9. The molecule has 4 rings (SSSR count). The number of nitrogens with zero attached hydrogens (tertiary/aromatic N) is 2. The summed E-state index contributed by atoms with van der Waals surface area (Å²) in [7, 11) is 0. The number of rotatable bonds is 4. The molecule has 27 heavy (non-hydrogen) atoms. The molecule has 2 aliphatic rings. The fourth-order valence-electron chi connectivity index (χ4n) is 3.32. The average molecular weight is 357 g/mol. The van der Waals surface area contributed by atoms with Crippen LogP contribution >= 0.6 is 0 Å². The minimum absolute atomic E-state index is 0.310. The van der Waals surface area contributed by atoms with Crippen LogP contribution in [0, 0.1) is 6.92 Å².